The monoisotopic (exact) mass is 315 g/mol. The highest BCUT2D eigenvalue weighted by atomic mass is 35.5. The smallest absolute Gasteiger partial charge is 0.222 e. The summed E-state index contributed by atoms with van der Waals surface area (Å²) in [6.07, 6.45) is 2.40. The Labute approximate surface area is 129 Å². The molecule has 1 atom stereocenters. The van der Waals surface area contributed by atoms with Gasteiger partial charge in [0.05, 0.1) is 13.2 Å². The molecule has 1 fully saturated rings. The maximum absolute atomic E-state index is 12.1. The van der Waals surface area contributed by atoms with E-state index in [-0.39, 0.29) is 12.0 Å². The van der Waals surface area contributed by atoms with Crippen molar-refractivity contribution in [3.8, 4) is 0 Å². The van der Waals surface area contributed by atoms with Gasteiger partial charge in [-0.15, -0.1) is 0 Å². The van der Waals surface area contributed by atoms with Crippen LogP contribution in [0.3, 0.4) is 0 Å². The van der Waals surface area contributed by atoms with E-state index in [1.165, 1.54) is 0 Å². The van der Waals surface area contributed by atoms with Crippen molar-refractivity contribution in [1.82, 2.24) is 4.90 Å². The summed E-state index contributed by atoms with van der Waals surface area (Å²) in [5, 5.41) is 1.19. The van der Waals surface area contributed by atoms with Gasteiger partial charge >= 0.3 is 0 Å². The molecule has 20 heavy (non-hydrogen) atoms. The van der Waals surface area contributed by atoms with Crippen LogP contribution in [0.25, 0.3) is 0 Å². The lowest BCUT2D eigenvalue weighted by Gasteiger charge is -2.33. The molecule has 2 rings (SSSR count). The van der Waals surface area contributed by atoms with Crippen molar-refractivity contribution in [2.45, 2.75) is 32.3 Å². The normalized spacial score (nSPS) is 19.1. The number of benzene rings is 1. The molecule has 0 spiro atoms. The average Bonchev–Trinajstić information content (AvgIpc) is 2.45. The van der Waals surface area contributed by atoms with Crippen molar-refractivity contribution in [2.75, 3.05) is 19.7 Å². The molecule has 0 bridgehead atoms. The minimum absolute atomic E-state index is 0.168. The van der Waals surface area contributed by atoms with Crippen LogP contribution in [-0.2, 0) is 9.53 Å². The van der Waals surface area contributed by atoms with Gasteiger partial charge in [-0.3, -0.25) is 4.79 Å². The van der Waals surface area contributed by atoms with Crippen LogP contribution in [0, 0.1) is 0 Å². The van der Waals surface area contributed by atoms with Gasteiger partial charge in [0.2, 0.25) is 5.91 Å². The second-order valence-corrected chi connectivity index (χ2v) is 5.81. The van der Waals surface area contributed by atoms with Crippen LogP contribution in [0.2, 0.25) is 10.0 Å². The lowest BCUT2D eigenvalue weighted by atomic mass is 10.1. The van der Waals surface area contributed by atoms with Crippen molar-refractivity contribution >= 4 is 29.1 Å². The standard InChI is InChI=1S/C15H19Cl2NO2/c1-2-3-4-15(19)18-7-8-20-14(10-18)12-6-5-11(16)9-13(12)17/h5-6,9,14H,2-4,7-8,10H2,1H3. The third-order valence-corrected chi connectivity index (χ3v) is 4.04. The summed E-state index contributed by atoms with van der Waals surface area (Å²) >= 11 is 12.1. The Hall–Kier alpha value is -0.770. The van der Waals surface area contributed by atoms with Gasteiger partial charge in [0.1, 0.15) is 6.10 Å². The van der Waals surface area contributed by atoms with Gasteiger partial charge in [0.25, 0.3) is 0 Å². The Morgan fingerprint density at radius 2 is 2.25 bits per heavy atom. The van der Waals surface area contributed by atoms with Crippen molar-refractivity contribution in [2.24, 2.45) is 0 Å². The van der Waals surface area contributed by atoms with Gasteiger partial charge in [0, 0.05) is 28.6 Å². The highest BCUT2D eigenvalue weighted by Crippen LogP contribution is 2.30. The Bertz CT molecular complexity index is 479. The number of halogens is 2. The fraction of sp³-hybridized carbons (Fsp3) is 0.533. The predicted octanol–water partition coefficient (Wildman–Crippen LogP) is 4.08. The summed E-state index contributed by atoms with van der Waals surface area (Å²) < 4.78 is 5.75. The minimum Gasteiger partial charge on any atom is -0.370 e. The first-order chi connectivity index (χ1) is 9.61. The maximum atomic E-state index is 12.1. The molecule has 1 unspecified atom stereocenters. The van der Waals surface area contributed by atoms with Gasteiger partial charge in [-0.05, 0) is 18.6 Å². The second-order valence-electron chi connectivity index (χ2n) is 4.97. The predicted molar refractivity (Wildman–Crippen MR) is 81.3 cm³/mol. The van der Waals surface area contributed by atoms with E-state index < -0.39 is 0 Å². The summed E-state index contributed by atoms with van der Waals surface area (Å²) in [7, 11) is 0. The van der Waals surface area contributed by atoms with E-state index in [0.717, 1.165) is 18.4 Å². The summed E-state index contributed by atoms with van der Waals surface area (Å²) in [5.74, 6) is 0.199. The number of ether oxygens (including phenoxy) is 1. The number of morpholine rings is 1. The van der Waals surface area contributed by atoms with Crippen LogP contribution in [0.4, 0.5) is 0 Å². The van der Waals surface area contributed by atoms with Gasteiger partial charge in [-0.1, -0.05) is 42.6 Å². The van der Waals surface area contributed by atoms with E-state index >= 15 is 0 Å². The fourth-order valence-corrected chi connectivity index (χ4v) is 2.84. The summed E-state index contributed by atoms with van der Waals surface area (Å²) in [6.45, 7) is 3.85. The molecule has 110 valence electrons. The van der Waals surface area contributed by atoms with Crippen LogP contribution < -0.4 is 0 Å². The lowest BCUT2D eigenvalue weighted by Crippen LogP contribution is -2.42. The number of hydrogen-bond donors (Lipinski definition) is 0. The van der Waals surface area contributed by atoms with E-state index in [9.17, 15) is 4.79 Å². The topological polar surface area (TPSA) is 29.5 Å². The Morgan fingerprint density at radius 1 is 1.45 bits per heavy atom. The molecule has 1 heterocycles. The van der Waals surface area contributed by atoms with Crippen molar-refractivity contribution < 1.29 is 9.53 Å². The van der Waals surface area contributed by atoms with E-state index in [1.807, 2.05) is 11.0 Å². The van der Waals surface area contributed by atoms with Gasteiger partial charge in [-0.2, -0.15) is 0 Å². The van der Waals surface area contributed by atoms with Gasteiger partial charge < -0.3 is 9.64 Å². The van der Waals surface area contributed by atoms with Crippen LogP contribution >= 0.6 is 23.2 Å². The molecule has 5 heteroatoms. The van der Waals surface area contributed by atoms with Crippen molar-refractivity contribution in [3.05, 3.63) is 33.8 Å². The van der Waals surface area contributed by atoms with Crippen molar-refractivity contribution in [3.63, 3.8) is 0 Å². The molecule has 0 radical (unpaired) electrons. The molecule has 1 aliphatic rings. The molecule has 1 aromatic carbocycles. The molecule has 0 aliphatic carbocycles. The van der Waals surface area contributed by atoms with Gasteiger partial charge in [-0.25, -0.2) is 0 Å². The molecule has 0 aromatic heterocycles. The molecular weight excluding hydrogens is 297 g/mol. The summed E-state index contributed by atoms with van der Waals surface area (Å²) in [4.78, 5) is 14.0. The number of hydrogen-bond acceptors (Lipinski definition) is 2. The summed E-state index contributed by atoms with van der Waals surface area (Å²) in [6, 6.07) is 5.37. The zero-order chi connectivity index (χ0) is 14.5. The number of amides is 1. The fourth-order valence-electron chi connectivity index (χ4n) is 2.31. The second kappa shape index (κ2) is 7.30. The molecule has 3 nitrogen and oxygen atoms in total. The van der Waals surface area contributed by atoms with Crippen LogP contribution in [0.5, 0.6) is 0 Å². The number of rotatable bonds is 4. The van der Waals surface area contributed by atoms with Crippen molar-refractivity contribution in [1.29, 1.82) is 0 Å². The van der Waals surface area contributed by atoms with E-state index in [0.29, 0.717) is 36.2 Å². The van der Waals surface area contributed by atoms with E-state index in [1.54, 1.807) is 12.1 Å². The molecule has 1 aromatic rings. The molecule has 1 aliphatic heterocycles. The Morgan fingerprint density at radius 3 is 2.95 bits per heavy atom. The Kier molecular flexibility index (Phi) is 5.70. The van der Waals surface area contributed by atoms with Crippen LogP contribution in [-0.4, -0.2) is 30.5 Å². The average molecular weight is 316 g/mol. The number of unbranched alkanes of at least 4 members (excludes halogenated alkanes) is 1. The number of carbonyl (C=O) groups excluding carboxylic acids is 1. The molecule has 1 amide bonds. The first-order valence-corrected chi connectivity index (χ1v) is 7.71. The Balaban J connectivity index is 2.04. The lowest BCUT2D eigenvalue weighted by molar-refractivity contribution is -0.139. The zero-order valence-electron chi connectivity index (χ0n) is 11.6. The van der Waals surface area contributed by atoms with Crippen LogP contribution in [0.15, 0.2) is 18.2 Å². The number of carbonyl (C=O) groups is 1. The number of nitrogens with zero attached hydrogens (tertiary/aromatic N) is 1. The van der Waals surface area contributed by atoms with Crippen LogP contribution in [0.1, 0.15) is 37.9 Å². The highest BCUT2D eigenvalue weighted by Gasteiger charge is 2.26. The molecule has 0 N–H and O–H groups in total. The third kappa shape index (κ3) is 3.87. The summed E-state index contributed by atoms with van der Waals surface area (Å²) in [5.41, 5.74) is 0.893. The molecule has 0 saturated carbocycles. The third-order valence-electron chi connectivity index (χ3n) is 3.47. The largest absolute Gasteiger partial charge is 0.370 e. The zero-order valence-corrected chi connectivity index (χ0v) is 13.1. The quantitative estimate of drug-likeness (QED) is 0.837. The van der Waals surface area contributed by atoms with Gasteiger partial charge in [0.15, 0.2) is 0 Å². The minimum atomic E-state index is -0.168. The first kappa shape index (κ1) is 15.6. The molecular formula is C15H19Cl2NO2. The SMILES string of the molecule is CCCCC(=O)N1CCOC(c2ccc(Cl)cc2Cl)C1. The first-order valence-electron chi connectivity index (χ1n) is 6.96. The maximum Gasteiger partial charge on any atom is 0.222 e. The highest BCUT2D eigenvalue weighted by molar-refractivity contribution is 6.35. The van der Waals surface area contributed by atoms with E-state index in [4.69, 9.17) is 27.9 Å². The van der Waals surface area contributed by atoms with E-state index in [2.05, 4.69) is 6.92 Å². The molecule has 1 saturated heterocycles.